The molecule has 0 bridgehead atoms. The van der Waals surface area contributed by atoms with E-state index in [4.69, 9.17) is 0 Å². The van der Waals surface area contributed by atoms with Gasteiger partial charge in [0.2, 0.25) is 0 Å². The lowest BCUT2D eigenvalue weighted by atomic mass is 10.1. The molecule has 0 saturated heterocycles. The zero-order valence-electron chi connectivity index (χ0n) is 9.32. The Morgan fingerprint density at radius 1 is 1.50 bits per heavy atom. The summed E-state index contributed by atoms with van der Waals surface area (Å²) in [5.74, 6) is 0.670. The van der Waals surface area contributed by atoms with Crippen LogP contribution in [0.2, 0.25) is 0 Å². The molecule has 1 aromatic heterocycles. The highest BCUT2D eigenvalue weighted by molar-refractivity contribution is 4.91. The van der Waals surface area contributed by atoms with Crippen LogP contribution in [0, 0.1) is 5.92 Å². The predicted octanol–water partition coefficient (Wildman–Crippen LogP) is 1.43. The van der Waals surface area contributed by atoms with Gasteiger partial charge in [-0.05, 0) is 12.5 Å². The molecule has 0 aromatic carbocycles. The number of nitrogens with zero attached hydrogens (tertiary/aromatic N) is 3. The number of hydrogen-bond acceptors (Lipinski definition) is 3. The molecule has 80 valence electrons. The summed E-state index contributed by atoms with van der Waals surface area (Å²) < 4.78 is 1.93. The van der Waals surface area contributed by atoms with Gasteiger partial charge in [0.1, 0.15) is 0 Å². The molecule has 0 saturated carbocycles. The largest absolute Gasteiger partial charge is 0.311 e. The highest BCUT2D eigenvalue weighted by Crippen LogP contribution is 2.04. The van der Waals surface area contributed by atoms with E-state index in [1.807, 2.05) is 10.9 Å². The van der Waals surface area contributed by atoms with Crippen molar-refractivity contribution in [1.29, 1.82) is 0 Å². The molecule has 1 heterocycles. The van der Waals surface area contributed by atoms with E-state index in [0.29, 0.717) is 5.92 Å². The van der Waals surface area contributed by atoms with Crippen LogP contribution in [0.3, 0.4) is 0 Å². The third-order valence-corrected chi connectivity index (χ3v) is 2.34. The minimum Gasteiger partial charge on any atom is -0.311 e. The molecule has 1 atom stereocenters. The molecule has 0 aliphatic rings. The maximum Gasteiger partial charge on any atom is 0.0964 e. The molecule has 0 amide bonds. The van der Waals surface area contributed by atoms with E-state index < -0.39 is 0 Å². The smallest absolute Gasteiger partial charge is 0.0964 e. The predicted molar refractivity (Wildman–Crippen MR) is 56.9 cm³/mol. The van der Waals surface area contributed by atoms with Crippen LogP contribution >= 0.6 is 0 Å². The van der Waals surface area contributed by atoms with Crippen molar-refractivity contribution in [2.75, 3.05) is 6.54 Å². The Kier molecular flexibility index (Phi) is 4.59. The van der Waals surface area contributed by atoms with Gasteiger partial charge in [0, 0.05) is 19.3 Å². The van der Waals surface area contributed by atoms with Crippen LogP contribution in [-0.4, -0.2) is 21.5 Å². The van der Waals surface area contributed by atoms with Crippen molar-refractivity contribution >= 4 is 0 Å². The Morgan fingerprint density at radius 2 is 2.29 bits per heavy atom. The van der Waals surface area contributed by atoms with E-state index in [2.05, 4.69) is 36.4 Å². The lowest BCUT2D eigenvalue weighted by molar-refractivity contribution is 0.431. The van der Waals surface area contributed by atoms with Gasteiger partial charge in [-0.15, -0.1) is 5.10 Å². The van der Waals surface area contributed by atoms with Gasteiger partial charge < -0.3 is 5.32 Å². The summed E-state index contributed by atoms with van der Waals surface area (Å²) in [7, 11) is 0. The molecule has 0 aliphatic carbocycles. The normalized spacial score (nSPS) is 13.1. The zero-order chi connectivity index (χ0) is 10.4. The van der Waals surface area contributed by atoms with Crippen molar-refractivity contribution in [1.82, 2.24) is 20.3 Å². The van der Waals surface area contributed by atoms with Crippen molar-refractivity contribution in [2.45, 2.75) is 40.3 Å². The molecule has 1 unspecified atom stereocenters. The average molecular weight is 196 g/mol. The fourth-order valence-corrected chi connectivity index (χ4v) is 1.21. The first-order valence-electron chi connectivity index (χ1n) is 5.36. The Labute approximate surface area is 85.7 Å². The summed E-state index contributed by atoms with van der Waals surface area (Å²) in [5, 5.41) is 11.4. The third kappa shape index (κ3) is 3.46. The summed E-state index contributed by atoms with van der Waals surface area (Å²) in [6.07, 6.45) is 3.21. The molecule has 14 heavy (non-hydrogen) atoms. The van der Waals surface area contributed by atoms with Crippen LogP contribution in [0.1, 0.15) is 32.9 Å². The molecule has 0 spiro atoms. The van der Waals surface area contributed by atoms with Gasteiger partial charge in [0.25, 0.3) is 0 Å². The molecule has 0 fully saturated rings. The van der Waals surface area contributed by atoms with Crippen molar-refractivity contribution in [2.24, 2.45) is 5.92 Å². The summed E-state index contributed by atoms with van der Waals surface area (Å²) in [6.45, 7) is 9.27. The van der Waals surface area contributed by atoms with Crippen molar-refractivity contribution in [3.8, 4) is 0 Å². The van der Waals surface area contributed by atoms with Gasteiger partial charge in [-0.2, -0.15) is 0 Å². The first kappa shape index (κ1) is 11.2. The van der Waals surface area contributed by atoms with Gasteiger partial charge in [0.05, 0.1) is 5.69 Å². The van der Waals surface area contributed by atoms with E-state index in [9.17, 15) is 0 Å². The van der Waals surface area contributed by atoms with Gasteiger partial charge in [-0.3, -0.25) is 4.68 Å². The molecule has 1 rings (SSSR count). The van der Waals surface area contributed by atoms with Gasteiger partial charge in [-0.1, -0.05) is 32.4 Å². The molecule has 0 aliphatic heterocycles. The lowest BCUT2D eigenvalue weighted by Crippen LogP contribution is -2.12. The second-order valence-electron chi connectivity index (χ2n) is 3.73. The Balaban J connectivity index is 2.42. The van der Waals surface area contributed by atoms with Gasteiger partial charge in [0.15, 0.2) is 0 Å². The van der Waals surface area contributed by atoms with E-state index in [0.717, 1.165) is 25.3 Å². The molecule has 0 radical (unpaired) electrons. The quantitative estimate of drug-likeness (QED) is 0.748. The number of hydrogen-bond donors (Lipinski definition) is 1. The lowest BCUT2D eigenvalue weighted by Gasteiger charge is -2.06. The fourth-order valence-electron chi connectivity index (χ4n) is 1.21. The van der Waals surface area contributed by atoms with Crippen LogP contribution < -0.4 is 5.32 Å². The Hall–Kier alpha value is -0.900. The van der Waals surface area contributed by atoms with Crippen LogP contribution in [0.5, 0.6) is 0 Å². The summed E-state index contributed by atoms with van der Waals surface area (Å²) in [4.78, 5) is 0. The Bertz CT molecular complexity index is 256. The maximum absolute atomic E-state index is 4.09. The molecule has 1 aromatic rings. The van der Waals surface area contributed by atoms with Crippen LogP contribution in [0.4, 0.5) is 0 Å². The Morgan fingerprint density at radius 3 is 2.93 bits per heavy atom. The standard InChI is InChI=1S/C10H20N4/c1-4-9(3)7-14-8-10(12-13-14)6-11-5-2/h8-9,11H,4-7H2,1-3H3. The minimum atomic E-state index is 0.670. The van der Waals surface area contributed by atoms with E-state index in [1.165, 1.54) is 6.42 Å². The zero-order valence-corrected chi connectivity index (χ0v) is 9.32. The molecule has 4 heteroatoms. The maximum atomic E-state index is 4.09. The monoisotopic (exact) mass is 196 g/mol. The molecular weight excluding hydrogens is 176 g/mol. The fraction of sp³-hybridized carbons (Fsp3) is 0.800. The average Bonchev–Trinajstić information content (AvgIpc) is 2.62. The molecule has 4 nitrogen and oxygen atoms in total. The van der Waals surface area contributed by atoms with Gasteiger partial charge >= 0.3 is 0 Å². The van der Waals surface area contributed by atoms with Gasteiger partial charge in [-0.25, -0.2) is 0 Å². The van der Waals surface area contributed by atoms with Crippen molar-refractivity contribution < 1.29 is 0 Å². The number of nitrogens with one attached hydrogen (secondary N) is 1. The van der Waals surface area contributed by atoms with E-state index in [1.54, 1.807) is 0 Å². The minimum absolute atomic E-state index is 0.670. The number of aromatic nitrogens is 3. The first-order valence-corrected chi connectivity index (χ1v) is 5.36. The van der Waals surface area contributed by atoms with E-state index >= 15 is 0 Å². The molecule has 1 N–H and O–H groups in total. The summed E-state index contributed by atoms with van der Waals surface area (Å²) in [5.41, 5.74) is 1.02. The SMILES string of the molecule is CCNCc1cn(CC(C)CC)nn1. The summed E-state index contributed by atoms with van der Waals surface area (Å²) in [6, 6.07) is 0. The number of rotatable bonds is 6. The first-order chi connectivity index (χ1) is 6.76. The van der Waals surface area contributed by atoms with E-state index in [-0.39, 0.29) is 0 Å². The molecular formula is C10H20N4. The van der Waals surface area contributed by atoms with Crippen molar-refractivity contribution in [3.05, 3.63) is 11.9 Å². The second kappa shape index (κ2) is 5.75. The third-order valence-electron chi connectivity index (χ3n) is 2.34. The second-order valence-corrected chi connectivity index (χ2v) is 3.73. The highest BCUT2D eigenvalue weighted by Gasteiger charge is 2.03. The summed E-state index contributed by atoms with van der Waals surface area (Å²) >= 11 is 0. The van der Waals surface area contributed by atoms with Crippen LogP contribution in [-0.2, 0) is 13.1 Å². The van der Waals surface area contributed by atoms with Crippen molar-refractivity contribution in [3.63, 3.8) is 0 Å². The topological polar surface area (TPSA) is 42.7 Å². The van der Waals surface area contributed by atoms with Crippen LogP contribution in [0.25, 0.3) is 0 Å². The van der Waals surface area contributed by atoms with Crippen LogP contribution in [0.15, 0.2) is 6.20 Å². The highest BCUT2D eigenvalue weighted by atomic mass is 15.4.